The summed E-state index contributed by atoms with van der Waals surface area (Å²) in [5.41, 5.74) is -0.0367. The molecule has 0 bridgehead atoms. The lowest BCUT2D eigenvalue weighted by molar-refractivity contribution is -0.252. The Morgan fingerprint density at radius 3 is 2.73 bits per heavy atom. The van der Waals surface area contributed by atoms with Crippen LogP contribution in [-0.4, -0.2) is 31.4 Å². The summed E-state index contributed by atoms with van der Waals surface area (Å²) in [6.45, 7) is 1.55. The maximum absolute atomic E-state index is 6.06. The molecule has 0 aromatic heterocycles. The van der Waals surface area contributed by atoms with E-state index < -0.39 is 0 Å². The topological polar surface area (TPSA) is 27.7 Å². The van der Waals surface area contributed by atoms with Gasteiger partial charge >= 0.3 is 0 Å². The van der Waals surface area contributed by atoms with E-state index in [1.807, 2.05) is 6.26 Å². The number of ether oxygens (including phenoxy) is 2. The van der Waals surface area contributed by atoms with Gasteiger partial charge in [0.1, 0.15) is 0 Å². The smallest absolute Gasteiger partial charge is 0.158 e. The van der Waals surface area contributed by atoms with E-state index in [1.165, 1.54) is 31.3 Å². The van der Waals surface area contributed by atoms with Gasteiger partial charge in [0.15, 0.2) is 6.29 Å². The van der Waals surface area contributed by atoms with Crippen LogP contribution < -0.4 is 0 Å². The van der Waals surface area contributed by atoms with Gasteiger partial charge in [0.2, 0.25) is 0 Å². The van der Waals surface area contributed by atoms with Crippen LogP contribution in [0.4, 0.5) is 0 Å². The molecule has 0 amide bonds. The third-order valence-corrected chi connectivity index (χ3v) is 3.58. The first-order valence-electron chi connectivity index (χ1n) is 5.80. The highest BCUT2D eigenvalue weighted by Crippen LogP contribution is 2.38. The van der Waals surface area contributed by atoms with Crippen molar-refractivity contribution in [3.8, 4) is 0 Å². The van der Waals surface area contributed by atoms with E-state index in [-0.39, 0.29) is 11.9 Å². The number of hydrogen-bond donors (Lipinski definition) is 0. The Morgan fingerprint density at radius 1 is 1.33 bits per heavy atom. The molecule has 15 heavy (non-hydrogen) atoms. The zero-order valence-electron chi connectivity index (χ0n) is 9.37. The fourth-order valence-electron chi connectivity index (χ4n) is 2.12. The summed E-state index contributed by atoms with van der Waals surface area (Å²) in [7, 11) is 0. The van der Waals surface area contributed by atoms with Crippen LogP contribution in [0.2, 0.25) is 0 Å². The molecule has 2 aliphatic rings. The monoisotopic (exact) mass is 232 g/mol. The molecule has 0 radical (unpaired) electrons. The molecule has 4 heteroatoms. The minimum absolute atomic E-state index is 0.0181. The van der Waals surface area contributed by atoms with Crippen LogP contribution in [0, 0.1) is 0 Å². The van der Waals surface area contributed by atoms with Gasteiger partial charge in [-0.2, -0.15) is 0 Å². The van der Waals surface area contributed by atoms with E-state index >= 15 is 0 Å². The molecule has 1 saturated heterocycles. The molecule has 0 N–H and O–H groups in total. The molecule has 1 heterocycles. The summed E-state index contributed by atoms with van der Waals surface area (Å²) in [6.07, 6.45) is 8.90. The lowest BCUT2D eigenvalue weighted by atomic mass is 9.80. The molecule has 2 rings (SSSR count). The molecule has 2 fully saturated rings. The molecule has 1 saturated carbocycles. The van der Waals surface area contributed by atoms with Crippen molar-refractivity contribution in [1.82, 2.24) is 0 Å². The van der Waals surface area contributed by atoms with Gasteiger partial charge in [0.05, 0.1) is 12.2 Å². The molecule has 1 aliphatic heterocycles. The van der Waals surface area contributed by atoms with Crippen molar-refractivity contribution in [2.45, 2.75) is 50.4 Å². The highest BCUT2D eigenvalue weighted by Gasteiger charge is 2.41. The largest absolute Gasteiger partial charge is 0.353 e. The normalized spacial score (nSPS) is 29.8. The van der Waals surface area contributed by atoms with E-state index in [0.717, 1.165) is 25.9 Å². The standard InChI is InChI=1S/C11H20O3S/c1-15-13-9-11(6-4-7-11)14-10-5-2-3-8-12-10/h10H,2-9H2,1H3. The molecule has 0 aromatic carbocycles. The van der Waals surface area contributed by atoms with Crippen LogP contribution >= 0.6 is 12.0 Å². The highest BCUT2D eigenvalue weighted by atomic mass is 32.2. The molecular formula is C11H20O3S. The second kappa shape index (κ2) is 5.53. The Morgan fingerprint density at radius 2 is 2.20 bits per heavy atom. The third kappa shape index (κ3) is 3.09. The van der Waals surface area contributed by atoms with Gasteiger partial charge in [-0.25, -0.2) is 0 Å². The lowest BCUT2D eigenvalue weighted by Crippen LogP contribution is -2.47. The highest BCUT2D eigenvalue weighted by molar-refractivity contribution is 7.93. The van der Waals surface area contributed by atoms with Gasteiger partial charge < -0.3 is 13.7 Å². The maximum atomic E-state index is 6.06. The minimum atomic E-state index is -0.0367. The van der Waals surface area contributed by atoms with Crippen molar-refractivity contribution >= 4 is 12.0 Å². The zero-order valence-corrected chi connectivity index (χ0v) is 10.2. The van der Waals surface area contributed by atoms with Crippen LogP contribution in [0.1, 0.15) is 38.5 Å². The Labute approximate surface area is 96.0 Å². The predicted molar refractivity (Wildman–Crippen MR) is 60.7 cm³/mol. The minimum Gasteiger partial charge on any atom is -0.353 e. The average Bonchev–Trinajstić information content (AvgIpc) is 2.23. The van der Waals surface area contributed by atoms with Crippen molar-refractivity contribution in [3.63, 3.8) is 0 Å². The van der Waals surface area contributed by atoms with E-state index in [4.69, 9.17) is 13.7 Å². The van der Waals surface area contributed by atoms with Crippen molar-refractivity contribution in [1.29, 1.82) is 0 Å². The van der Waals surface area contributed by atoms with Gasteiger partial charge in [0, 0.05) is 12.9 Å². The molecular weight excluding hydrogens is 212 g/mol. The fourth-order valence-corrected chi connectivity index (χ4v) is 2.45. The predicted octanol–water partition coefficient (Wildman–Crippen LogP) is 2.75. The summed E-state index contributed by atoms with van der Waals surface area (Å²) < 4.78 is 17.1. The molecule has 1 aliphatic carbocycles. The van der Waals surface area contributed by atoms with E-state index in [0.29, 0.717) is 6.61 Å². The van der Waals surface area contributed by atoms with Crippen LogP contribution in [0.3, 0.4) is 0 Å². The van der Waals surface area contributed by atoms with Crippen molar-refractivity contribution in [2.24, 2.45) is 0 Å². The number of rotatable bonds is 5. The summed E-state index contributed by atoms with van der Waals surface area (Å²) in [4.78, 5) is 0. The van der Waals surface area contributed by atoms with E-state index in [2.05, 4.69) is 0 Å². The van der Waals surface area contributed by atoms with Crippen LogP contribution in [0.5, 0.6) is 0 Å². The first-order valence-corrected chi connectivity index (χ1v) is 6.95. The Balaban J connectivity index is 1.78. The molecule has 88 valence electrons. The average molecular weight is 232 g/mol. The lowest BCUT2D eigenvalue weighted by Gasteiger charge is -2.43. The van der Waals surface area contributed by atoms with Crippen molar-refractivity contribution in [3.05, 3.63) is 0 Å². The molecule has 0 aromatic rings. The Hall–Kier alpha value is 0.230. The van der Waals surface area contributed by atoms with E-state index in [9.17, 15) is 0 Å². The van der Waals surface area contributed by atoms with Gasteiger partial charge in [-0.05, 0) is 50.6 Å². The first kappa shape index (κ1) is 11.7. The molecule has 1 atom stereocenters. The molecule has 1 unspecified atom stereocenters. The van der Waals surface area contributed by atoms with Crippen LogP contribution in [0.15, 0.2) is 0 Å². The van der Waals surface area contributed by atoms with Crippen LogP contribution in [-0.2, 0) is 13.7 Å². The maximum Gasteiger partial charge on any atom is 0.158 e. The summed E-state index contributed by atoms with van der Waals surface area (Å²) in [5.74, 6) is 0. The first-order chi connectivity index (χ1) is 7.35. The summed E-state index contributed by atoms with van der Waals surface area (Å²) in [5, 5.41) is 0. The quantitative estimate of drug-likeness (QED) is 0.681. The Bertz CT molecular complexity index is 188. The van der Waals surface area contributed by atoms with E-state index in [1.54, 1.807) is 0 Å². The second-order valence-corrected chi connectivity index (χ2v) is 4.95. The number of hydrogen-bond acceptors (Lipinski definition) is 4. The van der Waals surface area contributed by atoms with Crippen molar-refractivity contribution < 1.29 is 13.7 Å². The molecule has 0 spiro atoms. The fraction of sp³-hybridized carbons (Fsp3) is 1.00. The Kier molecular flexibility index (Phi) is 4.31. The van der Waals surface area contributed by atoms with Gasteiger partial charge in [0.25, 0.3) is 0 Å². The van der Waals surface area contributed by atoms with Gasteiger partial charge in [-0.3, -0.25) is 0 Å². The summed E-state index contributed by atoms with van der Waals surface area (Å²) in [6, 6.07) is 0. The summed E-state index contributed by atoms with van der Waals surface area (Å²) >= 11 is 1.42. The van der Waals surface area contributed by atoms with Gasteiger partial charge in [-0.1, -0.05) is 0 Å². The molecule has 3 nitrogen and oxygen atoms in total. The van der Waals surface area contributed by atoms with Gasteiger partial charge in [-0.15, -0.1) is 0 Å². The second-order valence-electron chi connectivity index (χ2n) is 4.38. The third-order valence-electron chi connectivity index (χ3n) is 3.22. The van der Waals surface area contributed by atoms with Crippen molar-refractivity contribution in [2.75, 3.05) is 19.5 Å². The SMILES string of the molecule is CSOCC1(OC2CCCCO2)CCC1. The van der Waals surface area contributed by atoms with Crippen LogP contribution in [0.25, 0.3) is 0 Å². The zero-order chi connectivity index (χ0) is 10.6.